The summed E-state index contributed by atoms with van der Waals surface area (Å²) in [4.78, 5) is 28.2. The van der Waals surface area contributed by atoms with Crippen LogP contribution in [0, 0.1) is 5.82 Å². The molecule has 0 saturated carbocycles. The summed E-state index contributed by atoms with van der Waals surface area (Å²) in [6, 6.07) is 6.94. The third kappa shape index (κ3) is 4.33. The summed E-state index contributed by atoms with van der Waals surface area (Å²) in [7, 11) is 0. The van der Waals surface area contributed by atoms with Crippen LogP contribution >= 0.6 is 0 Å². The Balaban J connectivity index is 1.37. The van der Waals surface area contributed by atoms with Gasteiger partial charge >= 0.3 is 0 Å². The van der Waals surface area contributed by atoms with Crippen molar-refractivity contribution in [3.8, 4) is 0 Å². The number of rotatable bonds is 4. The van der Waals surface area contributed by atoms with Crippen LogP contribution in [0.3, 0.4) is 0 Å². The Morgan fingerprint density at radius 1 is 1.00 bits per heavy atom. The normalized spacial score (nSPS) is 20.1. The van der Waals surface area contributed by atoms with Crippen molar-refractivity contribution in [1.29, 1.82) is 0 Å². The number of hydrogen-bond acceptors (Lipinski definition) is 5. The molecule has 1 amide bonds. The highest BCUT2D eigenvalue weighted by atomic mass is 19.1. The van der Waals surface area contributed by atoms with Crippen LogP contribution in [0.25, 0.3) is 0 Å². The largest absolute Gasteiger partial charge is 0.368 e. The van der Waals surface area contributed by atoms with E-state index >= 15 is 0 Å². The monoisotopic (exact) mass is 397 g/mol. The fraction of sp³-hybridized carbons (Fsp3) is 0.500. The highest BCUT2D eigenvalue weighted by molar-refractivity contribution is 5.94. The fourth-order valence-corrected chi connectivity index (χ4v) is 4.27. The predicted molar refractivity (Wildman–Crippen MR) is 112 cm³/mol. The predicted octanol–water partition coefficient (Wildman–Crippen LogP) is 3.35. The van der Waals surface area contributed by atoms with Gasteiger partial charge < -0.3 is 14.7 Å². The van der Waals surface area contributed by atoms with Crippen LogP contribution in [-0.4, -0.2) is 59.5 Å². The van der Waals surface area contributed by atoms with Crippen LogP contribution in [0.5, 0.6) is 0 Å². The van der Waals surface area contributed by atoms with Crippen LogP contribution in [0.15, 0.2) is 36.7 Å². The number of piperidine rings is 1. The first-order valence-electron chi connectivity index (χ1n) is 10.5. The zero-order valence-electron chi connectivity index (χ0n) is 16.9. The van der Waals surface area contributed by atoms with E-state index in [9.17, 15) is 9.18 Å². The molecule has 2 saturated heterocycles. The van der Waals surface area contributed by atoms with Crippen molar-refractivity contribution in [2.24, 2.45) is 0 Å². The van der Waals surface area contributed by atoms with Gasteiger partial charge in [-0.1, -0.05) is 6.92 Å². The van der Waals surface area contributed by atoms with Crippen LogP contribution in [0.2, 0.25) is 0 Å². The minimum atomic E-state index is -0.217. The Morgan fingerprint density at radius 2 is 1.66 bits per heavy atom. The average molecular weight is 397 g/mol. The summed E-state index contributed by atoms with van der Waals surface area (Å²) < 4.78 is 13.1. The maximum Gasteiger partial charge on any atom is 0.257 e. The standard InChI is InChI=1S/C22H28FN5O/c1-2-19-5-3-4-10-28(19)21(29)17-15-24-22(25-16-17)27-13-11-26(12-14-27)20-8-6-18(23)7-9-20/h6-9,15-16,19H,2-5,10-14H2,1H3. The summed E-state index contributed by atoms with van der Waals surface area (Å²) in [6.45, 7) is 6.18. The molecule has 0 radical (unpaired) electrons. The number of anilines is 2. The Morgan fingerprint density at radius 3 is 2.31 bits per heavy atom. The molecule has 0 aliphatic carbocycles. The molecule has 1 aromatic heterocycles. The summed E-state index contributed by atoms with van der Waals surface area (Å²) in [6.07, 6.45) is 7.67. The minimum Gasteiger partial charge on any atom is -0.368 e. The molecule has 0 spiro atoms. The number of amides is 1. The molecule has 0 N–H and O–H groups in total. The van der Waals surface area contributed by atoms with Crippen LogP contribution in [0.4, 0.5) is 16.0 Å². The van der Waals surface area contributed by atoms with Crippen molar-refractivity contribution < 1.29 is 9.18 Å². The number of hydrogen-bond donors (Lipinski definition) is 0. The lowest BCUT2D eigenvalue weighted by Crippen LogP contribution is -2.47. The van der Waals surface area contributed by atoms with E-state index < -0.39 is 0 Å². The Bertz CT molecular complexity index is 818. The second-order valence-electron chi connectivity index (χ2n) is 7.78. The van der Waals surface area contributed by atoms with Crippen LogP contribution in [0.1, 0.15) is 43.0 Å². The number of nitrogens with zero attached hydrogens (tertiary/aromatic N) is 5. The number of aromatic nitrogens is 2. The smallest absolute Gasteiger partial charge is 0.257 e. The van der Waals surface area contributed by atoms with Crippen molar-refractivity contribution in [1.82, 2.24) is 14.9 Å². The molecule has 1 atom stereocenters. The van der Waals surface area contributed by atoms with Gasteiger partial charge in [0.2, 0.25) is 5.95 Å². The van der Waals surface area contributed by atoms with Crippen molar-refractivity contribution in [3.05, 3.63) is 48.0 Å². The number of piperazine rings is 1. The van der Waals surface area contributed by atoms with Crippen LogP contribution < -0.4 is 9.80 Å². The number of likely N-dealkylation sites (tertiary alicyclic amines) is 1. The van der Waals surface area contributed by atoms with Gasteiger partial charge in [0.15, 0.2) is 0 Å². The zero-order chi connectivity index (χ0) is 20.2. The van der Waals surface area contributed by atoms with E-state index in [-0.39, 0.29) is 11.7 Å². The molecule has 154 valence electrons. The third-order valence-electron chi connectivity index (χ3n) is 6.00. The van der Waals surface area contributed by atoms with Crippen molar-refractivity contribution >= 4 is 17.5 Å². The van der Waals surface area contributed by atoms with E-state index in [1.807, 2.05) is 17.0 Å². The van der Waals surface area contributed by atoms with Crippen molar-refractivity contribution in [2.75, 3.05) is 42.5 Å². The van der Waals surface area contributed by atoms with Gasteiger partial charge in [0.05, 0.1) is 5.56 Å². The second kappa shape index (κ2) is 8.76. The summed E-state index contributed by atoms with van der Waals surface area (Å²) in [5.41, 5.74) is 1.60. The van der Waals surface area contributed by atoms with Crippen molar-refractivity contribution in [3.63, 3.8) is 0 Å². The van der Waals surface area contributed by atoms with Crippen LogP contribution in [-0.2, 0) is 0 Å². The van der Waals surface area contributed by atoms with Gasteiger partial charge in [0.1, 0.15) is 5.82 Å². The third-order valence-corrected chi connectivity index (χ3v) is 6.00. The van der Waals surface area contributed by atoms with E-state index in [1.54, 1.807) is 12.4 Å². The molecule has 1 unspecified atom stereocenters. The molecule has 2 aromatic rings. The molecule has 2 aliphatic rings. The molecular weight excluding hydrogens is 369 g/mol. The van der Waals surface area contributed by atoms with Gasteiger partial charge in [0, 0.05) is 56.8 Å². The lowest BCUT2D eigenvalue weighted by Gasteiger charge is -2.36. The van der Waals surface area contributed by atoms with Gasteiger partial charge in [-0.3, -0.25) is 4.79 Å². The van der Waals surface area contributed by atoms with Gasteiger partial charge in [0.25, 0.3) is 5.91 Å². The number of carbonyl (C=O) groups excluding carboxylic acids is 1. The quantitative estimate of drug-likeness (QED) is 0.792. The van der Waals surface area contributed by atoms with E-state index in [2.05, 4.69) is 26.7 Å². The molecule has 2 aliphatic heterocycles. The molecule has 1 aromatic carbocycles. The molecule has 3 heterocycles. The number of halogens is 1. The fourth-order valence-electron chi connectivity index (χ4n) is 4.27. The lowest BCUT2D eigenvalue weighted by atomic mass is 9.99. The van der Waals surface area contributed by atoms with Crippen molar-refractivity contribution in [2.45, 2.75) is 38.6 Å². The molecule has 6 nitrogen and oxygen atoms in total. The van der Waals surface area contributed by atoms with E-state index in [4.69, 9.17) is 0 Å². The second-order valence-corrected chi connectivity index (χ2v) is 7.78. The Labute approximate surface area is 171 Å². The zero-order valence-corrected chi connectivity index (χ0v) is 16.9. The lowest BCUT2D eigenvalue weighted by molar-refractivity contribution is 0.0607. The first-order valence-corrected chi connectivity index (χ1v) is 10.5. The first kappa shape index (κ1) is 19.6. The maximum atomic E-state index is 13.1. The highest BCUT2D eigenvalue weighted by Gasteiger charge is 2.27. The minimum absolute atomic E-state index is 0.0456. The van der Waals surface area contributed by atoms with Gasteiger partial charge in [-0.05, 0) is 49.9 Å². The highest BCUT2D eigenvalue weighted by Crippen LogP contribution is 2.22. The maximum absolute atomic E-state index is 13.1. The topological polar surface area (TPSA) is 52.6 Å². The SMILES string of the molecule is CCC1CCCCN1C(=O)c1cnc(N2CCN(c3ccc(F)cc3)CC2)nc1. The Hall–Kier alpha value is -2.70. The van der Waals surface area contributed by atoms with Gasteiger partial charge in [-0.25, -0.2) is 14.4 Å². The molecular formula is C22H28FN5O. The summed E-state index contributed by atoms with van der Waals surface area (Å²) in [5.74, 6) is 0.487. The Kier molecular flexibility index (Phi) is 5.92. The molecule has 0 bridgehead atoms. The van der Waals surface area contributed by atoms with E-state index in [1.165, 1.54) is 18.6 Å². The average Bonchev–Trinajstić information content (AvgIpc) is 2.79. The summed E-state index contributed by atoms with van der Waals surface area (Å²) >= 11 is 0. The van der Waals surface area contributed by atoms with Gasteiger partial charge in [-0.15, -0.1) is 0 Å². The summed E-state index contributed by atoms with van der Waals surface area (Å²) in [5, 5.41) is 0. The van der Waals surface area contributed by atoms with Gasteiger partial charge in [-0.2, -0.15) is 0 Å². The molecule has 2 fully saturated rings. The first-order chi connectivity index (χ1) is 14.2. The molecule has 7 heteroatoms. The number of carbonyl (C=O) groups is 1. The molecule has 4 rings (SSSR count). The number of benzene rings is 1. The molecule has 29 heavy (non-hydrogen) atoms. The van der Waals surface area contributed by atoms with E-state index in [0.29, 0.717) is 17.6 Å². The van der Waals surface area contributed by atoms with E-state index in [0.717, 1.165) is 57.7 Å².